The Hall–Kier alpha value is -4.40. The van der Waals surface area contributed by atoms with Crippen LogP contribution in [0.25, 0.3) is 28.0 Å². The first-order valence-electron chi connectivity index (χ1n) is 9.79. The molecular formula is C23H17F2N7. The van der Waals surface area contributed by atoms with Gasteiger partial charge in [-0.1, -0.05) is 18.2 Å². The van der Waals surface area contributed by atoms with Crippen LogP contribution in [0.15, 0.2) is 73.1 Å². The number of anilines is 2. The highest BCUT2D eigenvalue weighted by atomic mass is 19.1. The molecule has 0 unspecified atom stereocenters. The SMILES string of the molecule is Nc1c2c(-c3cccc(F)c3)nc(NCc3cccnc3)nc2nn1-c1ccc(F)cc1. The van der Waals surface area contributed by atoms with Gasteiger partial charge in [-0.2, -0.15) is 4.98 Å². The summed E-state index contributed by atoms with van der Waals surface area (Å²) in [6, 6.07) is 15.6. The maximum absolute atomic E-state index is 14.0. The molecule has 0 aliphatic carbocycles. The molecule has 3 aromatic heterocycles. The molecule has 0 spiro atoms. The Morgan fingerprint density at radius 2 is 1.78 bits per heavy atom. The van der Waals surface area contributed by atoms with Gasteiger partial charge in [0.15, 0.2) is 5.65 Å². The van der Waals surface area contributed by atoms with E-state index in [1.165, 1.54) is 28.9 Å². The normalized spacial score (nSPS) is 11.1. The van der Waals surface area contributed by atoms with Crippen LogP contribution in [-0.2, 0) is 6.54 Å². The molecule has 0 saturated carbocycles. The number of fused-ring (bicyclic) bond motifs is 1. The average molecular weight is 429 g/mol. The Labute approximate surface area is 181 Å². The number of nitrogens with two attached hydrogens (primary N) is 1. The van der Waals surface area contributed by atoms with Crippen molar-refractivity contribution in [2.24, 2.45) is 0 Å². The van der Waals surface area contributed by atoms with E-state index in [9.17, 15) is 8.78 Å². The van der Waals surface area contributed by atoms with E-state index in [1.807, 2.05) is 12.1 Å². The van der Waals surface area contributed by atoms with Gasteiger partial charge in [0.05, 0.1) is 16.8 Å². The maximum atomic E-state index is 14.0. The number of pyridine rings is 1. The largest absolute Gasteiger partial charge is 0.383 e. The fraction of sp³-hybridized carbons (Fsp3) is 0.0435. The summed E-state index contributed by atoms with van der Waals surface area (Å²) < 4.78 is 28.8. The van der Waals surface area contributed by atoms with Crippen LogP contribution in [0.2, 0.25) is 0 Å². The van der Waals surface area contributed by atoms with Gasteiger partial charge in [0, 0.05) is 24.5 Å². The molecule has 0 saturated heterocycles. The second-order valence-corrected chi connectivity index (χ2v) is 7.09. The lowest BCUT2D eigenvalue weighted by Gasteiger charge is -2.09. The van der Waals surface area contributed by atoms with Crippen molar-refractivity contribution in [3.05, 3.63) is 90.3 Å². The van der Waals surface area contributed by atoms with Crippen molar-refractivity contribution >= 4 is 22.8 Å². The summed E-state index contributed by atoms with van der Waals surface area (Å²) in [5.74, 6) is -0.191. The molecule has 0 bridgehead atoms. The standard InChI is InChI=1S/C23H17F2N7/c24-16-6-8-18(9-7-16)32-21(26)19-20(15-4-1-5-17(25)11-15)29-23(30-22(19)31-32)28-13-14-3-2-10-27-12-14/h1-12H,13,26H2,(H,28,30,31). The summed E-state index contributed by atoms with van der Waals surface area (Å²) in [7, 11) is 0. The molecule has 32 heavy (non-hydrogen) atoms. The van der Waals surface area contributed by atoms with Crippen LogP contribution in [0.5, 0.6) is 0 Å². The summed E-state index contributed by atoms with van der Waals surface area (Å²) in [6.07, 6.45) is 3.43. The monoisotopic (exact) mass is 429 g/mol. The predicted molar refractivity (Wildman–Crippen MR) is 118 cm³/mol. The number of nitrogens with zero attached hydrogens (tertiary/aromatic N) is 5. The number of rotatable bonds is 5. The zero-order valence-corrected chi connectivity index (χ0v) is 16.7. The number of aromatic nitrogens is 5. The fourth-order valence-corrected chi connectivity index (χ4v) is 3.40. The van der Waals surface area contributed by atoms with Gasteiger partial charge < -0.3 is 11.1 Å². The second-order valence-electron chi connectivity index (χ2n) is 7.09. The third-order valence-electron chi connectivity index (χ3n) is 4.91. The second kappa shape index (κ2) is 8.03. The zero-order chi connectivity index (χ0) is 22.1. The zero-order valence-electron chi connectivity index (χ0n) is 16.7. The first-order chi connectivity index (χ1) is 15.6. The van der Waals surface area contributed by atoms with E-state index in [1.54, 1.807) is 36.7 Å². The van der Waals surface area contributed by atoms with Crippen molar-refractivity contribution in [1.29, 1.82) is 0 Å². The minimum absolute atomic E-state index is 0.268. The topological polar surface area (TPSA) is 94.5 Å². The molecule has 7 nitrogen and oxygen atoms in total. The molecule has 0 amide bonds. The molecule has 5 aromatic rings. The van der Waals surface area contributed by atoms with E-state index in [0.29, 0.717) is 40.5 Å². The fourth-order valence-electron chi connectivity index (χ4n) is 3.40. The number of nitrogens with one attached hydrogen (secondary N) is 1. The van der Waals surface area contributed by atoms with Gasteiger partial charge in [0.25, 0.3) is 0 Å². The highest BCUT2D eigenvalue weighted by Gasteiger charge is 2.19. The van der Waals surface area contributed by atoms with Crippen LogP contribution < -0.4 is 11.1 Å². The smallest absolute Gasteiger partial charge is 0.225 e. The van der Waals surface area contributed by atoms with E-state index in [0.717, 1.165) is 5.56 Å². The number of hydrogen-bond donors (Lipinski definition) is 2. The van der Waals surface area contributed by atoms with Crippen molar-refractivity contribution in [2.75, 3.05) is 11.1 Å². The Morgan fingerprint density at radius 1 is 0.938 bits per heavy atom. The van der Waals surface area contributed by atoms with Gasteiger partial charge in [0.2, 0.25) is 5.95 Å². The highest BCUT2D eigenvalue weighted by Crippen LogP contribution is 2.33. The quantitative estimate of drug-likeness (QED) is 0.431. The van der Waals surface area contributed by atoms with Gasteiger partial charge in [0.1, 0.15) is 17.5 Å². The molecule has 0 aliphatic heterocycles. The van der Waals surface area contributed by atoms with E-state index in [-0.39, 0.29) is 11.6 Å². The minimum Gasteiger partial charge on any atom is -0.383 e. The maximum Gasteiger partial charge on any atom is 0.225 e. The van der Waals surface area contributed by atoms with Crippen LogP contribution in [0.4, 0.5) is 20.5 Å². The Balaban J connectivity index is 1.65. The lowest BCUT2D eigenvalue weighted by molar-refractivity contribution is 0.627. The molecule has 3 heterocycles. The average Bonchev–Trinajstić information content (AvgIpc) is 3.15. The molecule has 0 fully saturated rings. The predicted octanol–water partition coefficient (Wildman–Crippen LogP) is 4.35. The van der Waals surface area contributed by atoms with Crippen LogP contribution in [-0.4, -0.2) is 24.7 Å². The molecule has 0 atom stereocenters. The van der Waals surface area contributed by atoms with Crippen LogP contribution >= 0.6 is 0 Å². The summed E-state index contributed by atoms with van der Waals surface area (Å²) in [4.78, 5) is 13.2. The lowest BCUT2D eigenvalue weighted by atomic mass is 10.1. The van der Waals surface area contributed by atoms with Crippen LogP contribution in [0.3, 0.4) is 0 Å². The van der Waals surface area contributed by atoms with E-state index < -0.39 is 5.82 Å². The lowest BCUT2D eigenvalue weighted by Crippen LogP contribution is -2.05. The Morgan fingerprint density at radius 3 is 2.53 bits per heavy atom. The molecule has 158 valence electrons. The highest BCUT2D eigenvalue weighted by molar-refractivity contribution is 5.99. The van der Waals surface area contributed by atoms with Crippen LogP contribution in [0.1, 0.15) is 5.56 Å². The molecule has 5 rings (SSSR count). The summed E-state index contributed by atoms with van der Waals surface area (Å²) in [5, 5.41) is 8.15. The third-order valence-corrected chi connectivity index (χ3v) is 4.91. The van der Waals surface area contributed by atoms with Gasteiger partial charge in [-0.25, -0.2) is 18.4 Å². The summed E-state index contributed by atoms with van der Waals surface area (Å²) >= 11 is 0. The number of halogens is 2. The van der Waals surface area contributed by atoms with Gasteiger partial charge in [-0.15, -0.1) is 5.10 Å². The minimum atomic E-state index is -0.399. The van der Waals surface area contributed by atoms with E-state index in [4.69, 9.17) is 5.73 Å². The van der Waals surface area contributed by atoms with Crippen molar-refractivity contribution in [3.63, 3.8) is 0 Å². The van der Waals surface area contributed by atoms with Crippen molar-refractivity contribution in [2.45, 2.75) is 6.54 Å². The van der Waals surface area contributed by atoms with Crippen molar-refractivity contribution in [3.8, 4) is 16.9 Å². The van der Waals surface area contributed by atoms with Crippen LogP contribution in [0, 0.1) is 11.6 Å². The molecule has 3 N–H and O–H groups in total. The van der Waals surface area contributed by atoms with Gasteiger partial charge >= 0.3 is 0 Å². The number of hydrogen-bond acceptors (Lipinski definition) is 6. The van der Waals surface area contributed by atoms with Gasteiger partial charge in [-0.05, 0) is 48.0 Å². The first-order valence-corrected chi connectivity index (χ1v) is 9.79. The summed E-state index contributed by atoms with van der Waals surface area (Å²) in [6.45, 7) is 0.441. The third kappa shape index (κ3) is 3.71. The summed E-state index contributed by atoms with van der Waals surface area (Å²) in [5.41, 5.74) is 9.22. The van der Waals surface area contributed by atoms with Crippen molar-refractivity contribution < 1.29 is 8.78 Å². The van der Waals surface area contributed by atoms with E-state index >= 15 is 0 Å². The molecule has 2 aromatic carbocycles. The molecule has 0 radical (unpaired) electrons. The first kappa shape index (κ1) is 19.6. The number of nitrogen functional groups attached to an aromatic ring is 1. The molecule has 9 heteroatoms. The van der Waals surface area contributed by atoms with Crippen molar-refractivity contribution in [1.82, 2.24) is 24.7 Å². The van der Waals surface area contributed by atoms with Gasteiger partial charge in [-0.3, -0.25) is 4.98 Å². The number of benzene rings is 2. The molecule has 0 aliphatic rings. The Kier molecular flexibility index (Phi) is 4.91. The Bertz CT molecular complexity index is 1400. The van der Waals surface area contributed by atoms with E-state index in [2.05, 4.69) is 25.4 Å². The molecular weight excluding hydrogens is 412 g/mol.